The number of benzene rings is 1. The normalized spacial score (nSPS) is 20.8. The van der Waals surface area contributed by atoms with Gasteiger partial charge in [-0.15, -0.1) is 0 Å². The fourth-order valence-electron chi connectivity index (χ4n) is 3.14. The maximum Gasteiger partial charge on any atom is 0.414 e. The molecule has 1 saturated heterocycles. The summed E-state index contributed by atoms with van der Waals surface area (Å²) in [5.41, 5.74) is 9.33. The van der Waals surface area contributed by atoms with Crippen molar-refractivity contribution in [3.63, 3.8) is 0 Å². The zero-order valence-corrected chi connectivity index (χ0v) is 14.5. The average molecular weight is 355 g/mol. The van der Waals surface area contributed by atoms with Crippen LogP contribution in [0.3, 0.4) is 0 Å². The van der Waals surface area contributed by atoms with Crippen molar-refractivity contribution < 1.29 is 19.4 Å². The molecule has 3 N–H and O–H groups in total. The quantitative estimate of drug-likeness (QED) is 0.851. The smallest absolute Gasteiger partial charge is 0.414 e. The van der Waals surface area contributed by atoms with Crippen LogP contribution in [0.1, 0.15) is 18.5 Å². The molecule has 1 aliphatic heterocycles. The second-order valence-corrected chi connectivity index (χ2v) is 6.77. The molecule has 0 spiro atoms. The van der Waals surface area contributed by atoms with Gasteiger partial charge in [-0.25, -0.2) is 4.79 Å². The van der Waals surface area contributed by atoms with Crippen molar-refractivity contribution in [2.75, 3.05) is 25.2 Å². The SMILES string of the molecule is COc1cc(-c2ccc(C3(N)CC3)nc2)ccc1N1CC(CO)OC1=O. The zero-order valence-electron chi connectivity index (χ0n) is 14.5. The van der Waals surface area contributed by atoms with E-state index in [0.29, 0.717) is 18.0 Å². The molecule has 1 saturated carbocycles. The molecular weight excluding hydrogens is 334 g/mol. The number of ether oxygens (including phenoxy) is 2. The van der Waals surface area contributed by atoms with Crippen LogP contribution in [-0.2, 0) is 10.3 Å². The van der Waals surface area contributed by atoms with E-state index in [2.05, 4.69) is 4.98 Å². The van der Waals surface area contributed by atoms with Crippen LogP contribution in [0.4, 0.5) is 10.5 Å². The van der Waals surface area contributed by atoms with Crippen LogP contribution in [0, 0.1) is 0 Å². The number of anilines is 1. The number of pyridine rings is 1. The highest BCUT2D eigenvalue weighted by Crippen LogP contribution is 2.42. The van der Waals surface area contributed by atoms with Crippen molar-refractivity contribution in [3.05, 3.63) is 42.2 Å². The first-order valence-electron chi connectivity index (χ1n) is 8.57. The second kappa shape index (κ2) is 6.26. The number of aliphatic hydroxyl groups is 1. The van der Waals surface area contributed by atoms with Crippen LogP contribution >= 0.6 is 0 Å². The Labute approximate surface area is 151 Å². The van der Waals surface area contributed by atoms with Crippen molar-refractivity contribution in [2.45, 2.75) is 24.5 Å². The molecule has 1 aliphatic carbocycles. The van der Waals surface area contributed by atoms with Crippen LogP contribution in [-0.4, -0.2) is 42.5 Å². The summed E-state index contributed by atoms with van der Waals surface area (Å²) < 4.78 is 10.6. The number of methoxy groups -OCH3 is 1. The van der Waals surface area contributed by atoms with E-state index in [-0.39, 0.29) is 12.1 Å². The molecule has 1 amide bonds. The Morgan fingerprint density at radius 1 is 1.35 bits per heavy atom. The van der Waals surface area contributed by atoms with Crippen molar-refractivity contribution in [1.82, 2.24) is 4.98 Å². The molecule has 2 heterocycles. The summed E-state index contributed by atoms with van der Waals surface area (Å²) >= 11 is 0. The van der Waals surface area contributed by atoms with E-state index >= 15 is 0 Å². The molecule has 1 unspecified atom stereocenters. The fraction of sp³-hybridized carbons (Fsp3) is 0.368. The Morgan fingerprint density at radius 2 is 2.12 bits per heavy atom. The summed E-state index contributed by atoms with van der Waals surface area (Å²) in [7, 11) is 1.56. The molecular formula is C19H21N3O4. The predicted octanol–water partition coefficient (Wildman–Crippen LogP) is 2.02. The van der Waals surface area contributed by atoms with Crippen LogP contribution < -0.4 is 15.4 Å². The minimum absolute atomic E-state index is 0.205. The third-order valence-electron chi connectivity index (χ3n) is 4.94. The summed E-state index contributed by atoms with van der Waals surface area (Å²) in [5.74, 6) is 0.555. The number of nitrogens with two attached hydrogens (primary N) is 1. The molecule has 4 rings (SSSR count). The Kier molecular flexibility index (Phi) is 4.05. The first-order chi connectivity index (χ1) is 12.5. The lowest BCUT2D eigenvalue weighted by atomic mass is 10.0. The minimum Gasteiger partial charge on any atom is -0.495 e. The number of amides is 1. The van der Waals surface area contributed by atoms with Crippen molar-refractivity contribution in [3.8, 4) is 16.9 Å². The minimum atomic E-state index is -0.519. The van der Waals surface area contributed by atoms with Gasteiger partial charge >= 0.3 is 6.09 Å². The van der Waals surface area contributed by atoms with Crippen LogP contribution in [0.15, 0.2) is 36.5 Å². The lowest BCUT2D eigenvalue weighted by Crippen LogP contribution is -2.25. The Morgan fingerprint density at radius 3 is 2.69 bits per heavy atom. The standard InChI is InChI=1S/C19H21N3O4/c1-25-16-8-12(13-3-5-17(21-9-13)19(20)6-7-19)2-4-15(16)22-10-14(11-23)26-18(22)24/h2-5,8-9,14,23H,6-7,10-11,20H2,1H3. The van der Waals surface area contributed by atoms with E-state index in [1.54, 1.807) is 7.11 Å². The molecule has 0 radical (unpaired) electrons. The van der Waals surface area contributed by atoms with Gasteiger partial charge in [0.25, 0.3) is 0 Å². The maximum absolute atomic E-state index is 12.0. The first kappa shape index (κ1) is 16.8. The van der Waals surface area contributed by atoms with Gasteiger partial charge in [-0.05, 0) is 36.6 Å². The highest BCUT2D eigenvalue weighted by atomic mass is 16.6. The van der Waals surface area contributed by atoms with Gasteiger partial charge in [0.05, 0.1) is 37.2 Å². The lowest BCUT2D eigenvalue weighted by molar-refractivity contribution is 0.0963. The largest absolute Gasteiger partial charge is 0.495 e. The van der Waals surface area contributed by atoms with Gasteiger partial charge in [0.2, 0.25) is 0 Å². The molecule has 2 aliphatic rings. The molecule has 1 aromatic heterocycles. The molecule has 136 valence electrons. The number of carbonyl (C=O) groups is 1. The second-order valence-electron chi connectivity index (χ2n) is 6.77. The Hall–Kier alpha value is -2.64. The van der Waals surface area contributed by atoms with E-state index < -0.39 is 12.2 Å². The van der Waals surface area contributed by atoms with E-state index in [9.17, 15) is 9.90 Å². The summed E-state index contributed by atoms with van der Waals surface area (Å²) in [6.45, 7) is 0.0865. The number of carbonyl (C=O) groups excluding carboxylic acids is 1. The third kappa shape index (κ3) is 2.89. The maximum atomic E-state index is 12.0. The predicted molar refractivity (Wildman–Crippen MR) is 96.0 cm³/mol. The van der Waals surface area contributed by atoms with Crippen molar-refractivity contribution in [2.24, 2.45) is 5.73 Å². The molecule has 0 bridgehead atoms. The number of aliphatic hydroxyl groups excluding tert-OH is 1. The zero-order chi connectivity index (χ0) is 18.3. The van der Waals surface area contributed by atoms with Crippen molar-refractivity contribution >= 4 is 11.8 Å². The number of aromatic nitrogens is 1. The highest BCUT2D eigenvalue weighted by molar-refractivity contribution is 5.92. The molecule has 1 aromatic carbocycles. The van der Waals surface area contributed by atoms with E-state index in [4.69, 9.17) is 15.2 Å². The van der Waals surface area contributed by atoms with Crippen LogP contribution in [0.2, 0.25) is 0 Å². The van der Waals surface area contributed by atoms with Crippen molar-refractivity contribution in [1.29, 1.82) is 0 Å². The van der Waals surface area contributed by atoms with E-state index in [0.717, 1.165) is 29.7 Å². The van der Waals surface area contributed by atoms with Crippen LogP contribution in [0.25, 0.3) is 11.1 Å². The molecule has 2 aromatic rings. The molecule has 26 heavy (non-hydrogen) atoms. The average Bonchev–Trinajstić information content (AvgIpc) is 3.32. The summed E-state index contributed by atoms with van der Waals surface area (Å²) in [6, 6.07) is 9.54. The van der Waals surface area contributed by atoms with Gasteiger partial charge in [0.15, 0.2) is 0 Å². The number of hydrogen-bond acceptors (Lipinski definition) is 6. The molecule has 7 heteroatoms. The number of rotatable bonds is 5. The Balaban J connectivity index is 1.62. The summed E-state index contributed by atoms with van der Waals surface area (Å²) in [6.07, 6.45) is 2.75. The monoisotopic (exact) mass is 355 g/mol. The highest BCUT2D eigenvalue weighted by Gasteiger charge is 2.41. The van der Waals surface area contributed by atoms with Gasteiger partial charge in [-0.3, -0.25) is 9.88 Å². The van der Waals surface area contributed by atoms with Crippen LogP contribution in [0.5, 0.6) is 5.75 Å². The van der Waals surface area contributed by atoms with Gasteiger partial charge in [-0.2, -0.15) is 0 Å². The fourth-order valence-corrected chi connectivity index (χ4v) is 3.14. The van der Waals surface area contributed by atoms with Gasteiger partial charge in [-0.1, -0.05) is 12.1 Å². The lowest BCUT2D eigenvalue weighted by Gasteiger charge is -2.18. The first-order valence-corrected chi connectivity index (χ1v) is 8.57. The summed E-state index contributed by atoms with van der Waals surface area (Å²) in [5, 5.41) is 9.20. The molecule has 7 nitrogen and oxygen atoms in total. The van der Waals surface area contributed by atoms with Gasteiger partial charge in [0.1, 0.15) is 11.9 Å². The van der Waals surface area contributed by atoms with Gasteiger partial charge in [0, 0.05) is 11.8 Å². The molecule has 1 atom stereocenters. The Bertz CT molecular complexity index is 833. The summed E-state index contributed by atoms with van der Waals surface area (Å²) in [4.78, 5) is 18.0. The number of hydrogen-bond donors (Lipinski definition) is 2. The van der Waals surface area contributed by atoms with E-state index in [1.165, 1.54) is 4.90 Å². The number of nitrogens with zero attached hydrogens (tertiary/aromatic N) is 2. The number of cyclic esters (lactones) is 1. The van der Waals surface area contributed by atoms with E-state index in [1.807, 2.05) is 36.5 Å². The van der Waals surface area contributed by atoms with Gasteiger partial charge < -0.3 is 20.3 Å². The topological polar surface area (TPSA) is 97.9 Å². The molecule has 2 fully saturated rings. The third-order valence-corrected chi connectivity index (χ3v) is 4.94.